The number of benzene rings is 2. The first-order valence-electron chi connectivity index (χ1n) is 5.59. The summed E-state index contributed by atoms with van der Waals surface area (Å²) >= 11 is 0. The molecule has 0 bridgehead atoms. The molecule has 0 unspecified atom stereocenters. The summed E-state index contributed by atoms with van der Waals surface area (Å²) in [6.45, 7) is 0. The molecular weight excluding hydrogens is 246 g/mol. The molecule has 0 spiro atoms. The van der Waals surface area contributed by atoms with E-state index < -0.39 is 9.84 Å². The molecule has 18 heavy (non-hydrogen) atoms. The second-order valence-electron chi connectivity index (χ2n) is 4.13. The van der Waals surface area contributed by atoms with Crippen molar-refractivity contribution in [1.82, 2.24) is 0 Å². The van der Waals surface area contributed by atoms with Gasteiger partial charge in [0.25, 0.3) is 0 Å². The van der Waals surface area contributed by atoms with Crippen LogP contribution in [0.25, 0.3) is 11.1 Å². The van der Waals surface area contributed by atoms with Gasteiger partial charge in [-0.05, 0) is 35.4 Å². The number of hydrogen-bond acceptors (Lipinski definition) is 3. The molecule has 0 saturated heterocycles. The van der Waals surface area contributed by atoms with Crippen molar-refractivity contribution in [3.05, 3.63) is 48.5 Å². The summed E-state index contributed by atoms with van der Waals surface area (Å²) in [5.41, 5.74) is 2.89. The standard InChI is InChI=1S/C14H15NO2S/c1-15-13-7-3-5-11(9-13)12-6-4-8-14(10-12)18(2,16)17/h3-10,15H,1-2H3. The van der Waals surface area contributed by atoms with Gasteiger partial charge in [0.15, 0.2) is 9.84 Å². The molecular formula is C14H15NO2S. The van der Waals surface area contributed by atoms with Gasteiger partial charge in [0.1, 0.15) is 0 Å². The topological polar surface area (TPSA) is 46.2 Å². The molecule has 0 radical (unpaired) electrons. The van der Waals surface area contributed by atoms with Crippen LogP contribution in [0.2, 0.25) is 0 Å². The Morgan fingerprint density at radius 2 is 1.56 bits per heavy atom. The van der Waals surface area contributed by atoms with E-state index in [1.807, 2.05) is 37.4 Å². The van der Waals surface area contributed by atoms with Crippen LogP contribution in [0.4, 0.5) is 5.69 Å². The maximum absolute atomic E-state index is 11.5. The van der Waals surface area contributed by atoms with Gasteiger partial charge in [0, 0.05) is 19.0 Å². The fourth-order valence-electron chi connectivity index (χ4n) is 1.76. The SMILES string of the molecule is CNc1cccc(-c2cccc(S(C)(=O)=O)c2)c1. The first kappa shape index (κ1) is 12.6. The highest BCUT2D eigenvalue weighted by Crippen LogP contribution is 2.24. The van der Waals surface area contributed by atoms with Crippen molar-refractivity contribution in [2.45, 2.75) is 4.90 Å². The van der Waals surface area contributed by atoms with Gasteiger partial charge in [-0.2, -0.15) is 0 Å². The first-order chi connectivity index (χ1) is 8.50. The number of rotatable bonds is 3. The molecule has 94 valence electrons. The highest BCUT2D eigenvalue weighted by atomic mass is 32.2. The highest BCUT2D eigenvalue weighted by molar-refractivity contribution is 7.90. The fraction of sp³-hybridized carbons (Fsp3) is 0.143. The van der Waals surface area contributed by atoms with Gasteiger partial charge in [-0.1, -0.05) is 24.3 Å². The third-order valence-corrected chi connectivity index (χ3v) is 3.86. The molecule has 4 heteroatoms. The Morgan fingerprint density at radius 3 is 2.17 bits per heavy atom. The molecule has 0 aromatic heterocycles. The van der Waals surface area contributed by atoms with Gasteiger partial charge in [-0.25, -0.2) is 8.42 Å². The van der Waals surface area contributed by atoms with Crippen molar-refractivity contribution in [2.24, 2.45) is 0 Å². The van der Waals surface area contributed by atoms with E-state index in [0.29, 0.717) is 4.90 Å². The van der Waals surface area contributed by atoms with Crippen LogP contribution < -0.4 is 5.32 Å². The lowest BCUT2D eigenvalue weighted by atomic mass is 10.1. The Balaban J connectivity index is 2.51. The maximum atomic E-state index is 11.5. The van der Waals surface area contributed by atoms with Crippen molar-refractivity contribution >= 4 is 15.5 Å². The van der Waals surface area contributed by atoms with E-state index in [-0.39, 0.29) is 0 Å². The molecule has 2 aromatic rings. The van der Waals surface area contributed by atoms with Crippen LogP contribution >= 0.6 is 0 Å². The molecule has 0 aliphatic heterocycles. The van der Waals surface area contributed by atoms with Gasteiger partial charge < -0.3 is 5.32 Å². The Labute approximate surface area is 107 Å². The lowest BCUT2D eigenvalue weighted by molar-refractivity contribution is 0.602. The Kier molecular flexibility index (Phi) is 3.39. The Hall–Kier alpha value is -1.81. The zero-order valence-electron chi connectivity index (χ0n) is 10.3. The van der Waals surface area contributed by atoms with E-state index in [4.69, 9.17) is 0 Å². The molecule has 0 aliphatic rings. The summed E-state index contributed by atoms with van der Waals surface area (Å²) < 4.78 is 23.1. The van der Waals surface area contributed by atoms with E-state index in [1.54, 1.807) is 18.2 Å². The summed E-state index contributed by atoms with van der Waals surface area (Å²) in [6.07, 6.45) is 1.22. The molecule has 0 fully saturated rings. The number of nitrogens with one attached hydrogen (secondary N) is 1. The van der Waals surface area contributed by atoms with Crippen LogP contribution in [0.5, 0.6) is 0 Å². The summed E-state index contributed by atoms with van der Waals surface area (Å²) in [6, 6.07) is 14.8. The summed E-state index contributed by atoms with van der Waals surface area (Å²) in [5, 5.41) is 3.06. The highest BCUT2D eigenvalue weighted by Gasteiger charge is 2.08. The molecule has 0 amide bonds. The first-order valence-corrected chi connectivity index (χ1v) is 7.48. The summed E-state index contributed by atoms with van der Waals surface area (Å²) in [4.78, 5) is 0.342. The number of sulfone groups is 1. The monoisotopic (exact) mass is 261 g/mol. The van der Waals surface area contributed by atoms with Crippen molar-refractivity contribution in [1.29, 1.82) is 0 Å². The lowest BCUT2D eigenvalue weighted by Crippen LogP contribution is -1.96. The zero-order chi connectivity index (χ0) is 13.2. The average Bonchev–Trinajstić information content (AvgIpc) is 2.38. The summed E-state index contributed by atoms with van der Waals surface area (Å²) in [7, 11) is -1.31. The lowest BCUT2D eigenvalue weighted by Gasteiger charge is -2.06. The van der Waals surface area contributed by atoms with E-state index in [1.165, 1.54) is 6.26 Å². The average molecular weight is 261 g/mol. The molecule has 0 atom stereocenters. The maximum Gasteiger partial charge on any atom is 0.175 e. The van der Waals surface area contributed by atoms with Crippen LogP contribution in [0, 0.1) is 0 Å². The minimum Gasteiger partial charge on any atom is -0.388 e. The molecule has 3 nitrogen and oxygen atoms in total. The van der Waals surface area contributed by atoms with Crippen molar-refractivity contribution in [2.75, 3.05) is 18.6 Å². The van der Waals surface area contributed by atoms with Crippen molar-refractivity contribution in [3.63, 3.8) is 0 Å². The molecule has 0 saturated carbocycles. The molecule has 2 aromatic carbocycles. The molecule has 0 heterocycles. The van der Waals surface area contributed by atoms with Gasteiger partial charge in [-0.15, -0.1) is 0 Å². The minimum atomic E-state index is -3.16. The Morgan fingerprint density at radius 1 is 0.944 bits per heavy atom. The van der Waals surface area contributed by atoms with E-state index in [0.717, 1.165) is 16.8 Å². The van der Waals surface area contributed by atoms with Gasteiger partial charge in [-0.3, -0.25) is 0 Å². The van der Waals surface area contributed by atoms with Crippen molar-refractivity contribution in [3.8, 4) is 11.1 Å². The predicted molar refractivity (Wildman–Crippen MR) is 74.5 cm³/mol. The van der Waals surface area contributed by atoms with E-state index >= 15 is 0 Å². The zero-order valence-corrected chi connectivity index (χ0v) is 11.2. The largest absolute Gasteiger partial charge is 0.388 e. The number of anilines is 1. The van der Waals surface area contributed by atoms with E-state index in [2.05, 4.69) is 5.32 Å². The second kappa shape index (κ2) is 4.82. The predicted octanol–water partition coefficient (Wildman–Crippen LogP) is 2.80. The second-order valence-corrected chi connectivity index (χ2v) is 6.15. The van der Waals surface area contributed by atoms with Gasteiger partial charge in [0.05, 0.1) is 4.90 Å². The molecule has 1 N–H and O–H groups in total. The third kappa shape index (κ3) is 2.71. The minimum absolute atomic E-state index is 0.342. The van der Waals surface area contributed by atoms with Crippen molar-refractivity contribution < 1.29 is 8.42 Å². The smallest absolute Gasteiger partial charge is 0.175 e. The van der Waals surface area contributed by atoms with Gasteiger partial charge in [0.2, 0.25) is 0 Å². The summed E-state index contributed by atoms with van der Waals surface area (Å²) in [5.74, 6) is 0. The third-order valence-electron chi connectivity index (χ3n) is 2.75. The normalized spacial score (nSPS) is 11.2. The molecule has 2 rings (SSSR count). The fourth-order valence-corrected chi connectivity index (χ4v) is 2.43. The number of hydrogen-bond donors (Lipinski definition) is 1. The van der Waals surface area contributed by atoms with Crippen LogP contribution in [-0.2, 0) is 9.84 Å². The molecule has 0 aliphatic carbocycles. The van der Waals surface area contributed by atoms with E-state index in [9.17, 15) is 8.42 Å². The van der Waals surface area contributed by atoms with Crippen LogP contribution in [0.3, 0.4) is 0 Å². The van der Waals surface area contributed by atoms with Gasteiger partial charge >= 0.3 is 0 Å². The Bertz CT molecular complexity index is 663. The van der Waals surface area contributed by atoms with Crippen LogP contribution in [0.1, 0.15) is 0 Å². The quantitative estimate of drug-likeness (QED) is 0.924. The van der Waals surface area contributed by atoms with Crippen LogP contribution in [0.15, 0.2) is 53.4 Å². The van der Waals surface area contributed by atoms with Crippen LogP contribution in [-0.4, -0.2) is 21.7 Å².